The minimum Gasteiger partial charge on any atom is -0.394 e. The Bertz CT molecular complexity index is 677. The quantitative estimate of drug-likeness (QED) is 0.178. The van der Waals surface area contributed by atoms with E-state index in [1.165, 1.54) is 51.4 Å². The van der Waals surface area contributed by atoms with Crippen molar-refractivity contribution in [2.75, 3.05) is 0 Å². The Kier molecular flexibility index (Phi) is 11.7. The van der Waals surface area contributed by atoms with E-state index in [0.717, 1.165) is 36.8 Å². The van der Waals surface area contributed by atoms with Crippen LogP contribution in [0.4, 0.5) is 4.79 Å². The number of carbonyl (C=O) groups excluding carboxylic acids is 1. The molecule has 0 heterocycles. The number of hydrogen-bond acceptors (Lipinski definition) is 3. The lowest BCUT2D eigenvalue weighted by Gasteiger charge is -2.12. The van der Waals surface area contributed by atoms with Gasteiger partial charge >= 0.3 is 6.16 Å². The summed E-state index contributed by atoms with van der Waals surface area (Å²) in [5.74, 6) is 1.21. The Hall–Kier alpha value is -2.29. The second kappa shape index (κ2) is 14.7. The molecule has 2 rings (SSSR count). The number of ether oxygens (including phenoxy) is 2. The first-order valence-corrected chi connectivity index (χ1v) is 11.8. The summed E-state index contributed by atoms with van der Waals surface area (Å²) in [6.07, 6.45) is 13.4. The number of unbranched alkanes of at least 4 members (excludes halogenated alkanes) is 8. The van der Waals surface area contributed by atoms with Crippen molar-refractivity contribution in [3.8, 4) is 11.5 Å². The Morgan fingerprint density at radius 1 is 0.600 bits per heavy atom. The fourth-order valence-corrected chi connectivity index (χ4v) is 3.66. The van der Waals surface area contributed by atoms with Gasteiger partial charge in [-0.05, 0) is 48.9 Å². The molecule has 0 aliphatic heterocycles. The van der Waals surface area contributed by atoms with E-state index in [2.05, 4.69) is 13.8 Å². The van der Waals surface area contributed by atoms with Crippen LogP contribution >= 0.6 is 0 Å². The average Bonchev–Trinajstić information content (AvgIpc) is 2.75. The molecule has 0 N–H and O–H groups in total. The molecule has 0 radical (unpaired) electrons. The molecule has 3 heteroatoms. The van der Waals surface area contributed by atoms with Gasteiger partial charge in [0, 0.05) is 0 Å². The molecule has 2 aromatic rings. The van der Waals surface area contributed by atoms with Crippen molar-refractivity contribution in [2.24, 2.45) is 0 Å². The van der Waals surface area contributed by atoms with E-state index in [4.69, 9.17) is 9.47 Å². The van der Waals surface area contributed by atoms with Gasteiger partial charge in [-0.25, -0.2) is 4.79 Å². The number of carbonyl (C=O) groups is 1. The Labute approximate surface area is 182 Å². The molecule has 0 saturated heterocycles. The first-order valence-electron chi connectivity index (χ1n) is 11.8. The lowest BCUT2D eigenvalue weighted by atomic mass is 10.0. The van der Waals surface area contributed by atoms with E-state index in [1.54, 1.807) is 0 Å². The molecule has 0 bridgehead atoms. The molecule has 164 valence electrons. The summed E-state index contributed by atoms with van der Waals surface area (Å²) in [6.45, 7) is 4.44. The van der Waals surface area contributed by atoms with Gasteiger partial charge < -0.3 is 9.47 Å². The number of hydrogen-bond donors (Lipinski definition) is 0. The largest absolute Gasteiger partial charge is 0.519 e. The first-order chi connectivity index (χ1) is 14.7. The summed E-state index contributed by atoms with van der Waals surface area (Å²) in [5, 5.41) is 0. The lowest BCUT2D eigenvalue weighted by molar-refractivity contribution is 0.151. The molecule has 2 aromatic carbocycles. The highest BCUT2D eigenvalue weighted by atomic mass is 16.7. The van der Waals surface area contributed by atoms with Crippen LogP contribution in [0.2, 0.25) is 0 Å². The van der Waals surface area contributed by atoms with Crippen molar-refractivity contribution >= 4 is 6.16 Å². The van der Waals surface area contributed by atoms with Gasteiger partial charge in [0.1, 0.15) is 11.5 Å². The van der Waals surface area contributed by atoms with E-state index in [9.17, 15) is 4.79 Å². The highest BCUT2D eigenvalue weighted by Crippen LogP contribution is 2.24. The predicted octanol–water partition coefficient (Wildman–Crippen LogP) is 8.29. The standard InChI is InChI=1S/C27H38O3/c1-3-5-7-9-11-17-23-19-13-15-21-25(23)29-27(28)30-26-22-16-14-20-24(26)18-12-10-8-6-4-2/h13-16,19-22H,3-12,17-18H2,1-2H3. The van der Waals surface area contributed by atoms with E-state index >= 15 is 0 Å². The zero-order valence-corrected chi connectivity index (χ0v) is 18.8. The third-order valence-electron chi connectivity index (χ3n) is 5.43. The Balaban J connectivity index is 1.88. The molecule has 0 aliphatic carbocycles. The van der Waals surface area contributed by atoms with Crippen LogP contribution in [0, 0.1) is 0 Å². The Morgan fingerprint density at radius 2 is 1.00 bits per heavy atom. The van der Waals surface area contributed by atoms with Crippen LogP contribution < -0.4 is 9.47 Å². The van der Waals surface area contributed by atoms with Crippen LogP contribution in [0.25, 0.3) is 0 Å². The third-order valence-corrected chi connectivity index (χ3v) is 5.43. The van der Waals surface area contributed by atoms with Crippen molar-refractivity contribution in [1.29, 1.82) is 0 Å². The molecular formula is C27H38O3. The molecule has 30 heavy (non-hydrogen) atoms. The molecule has 0 fully saturated rings. The second-order valence-electron chi connectivity index (χ2n) is 8.00. The van der Waals surface area contributed by atoms with Crippen molar-refractivity contribution in [3.63, 3.8) is 0 Å². The van der Waals surface area contributed by atoms with Crippen LogP contribution in [0.1, 0.15) is 89.2 Å². The van der Waals surface area contributed by atoms with Gasteiger partial charge in [-0.3, -0.25) is 0 Å². The fourth-order valence-electron chi connectivity index (χ4n) is 3.66. The van der Waals surface area contributed by atoms with Crippen LogP contribution in [-0.4, -0.2) is 6.16 Å². The number of aryl methyl sites for hydroxylation is 2. The van der Waals surface area contributed by atoms with Crippen LogP contribution in [0.15, 0.2) is 48.5 Å². The summed E-state index contributed by atoms with van der Waals surface area (Å²) >= 11 is 0. The molecule has 3 nitrogen and oxygen atoms in total. The van der Waals surface area contributed by atoms with Crippen LogP contribution in [-0.2, 0) is 12.8 Å². The topological polar surface area (TPSA) is 35.5 Å². The summed E-state index contributed by atoms with van der Waals surface area (Å²) in [6, 6.07) is 15.5. The average molecular weight is 411 g/mol. The van der Waals surface area contributed by atoms with Gasteiger partial charge in [-0.1, -0.05) is 102 Å². The maximum absolute atomic E-state index is 12.5. The minimum atomic E-state index is -0.660. The molecule has 0 spiro atoms. The normalized spacial score (nSPS) is 10.7. The van der Waals surface area contributed by atoms with Crippen LogP contribution in [0.5, 0.6) is 11.5 Å². The van der Waals surface area contributed by atoms with Gasteiger partial charge in [0.2, 0.25) is 0 Å². The van der Waals surface area contributed by atoms with Crippen molar-refractivity contribution in [2.45, 2.75) is 90.9 Å². The van der Waals surface area contributed by atoms with Gasteiger partial charge in [0.25, 0.3) is 0 Å². The van der Waals surface area contributed by atoms with Crippen LogP contribution in [0.3, 0.4) is 0 Å². The maximum Gasteiger partial charge on any atom is 0.519 e. The molecule has 0 amide bonds. The maximum atomic E-state index is 12.5. The fraction of sp³-hybridized carbons (Fsp3) is 0.519. The Morgan fingerprint density at radius 3 is 1.43 bits per heavy atom. The summed E-state index contributed by atoms with van der Waals surface area (Å²) in [5.41, 5.74) is 2.13. The first kappa shape index (κ1) is 24.0. The highest BCUT2D eigenvalue weighted by Gasteiger charge is 2.13. The number of rotatable bonds is 14. The second-order valence-corrected chi connectivity index (χ2v) is 8.00. The van der Waals surface area contributed by atoms with E-state index in [-0.39, 0.29) is 0 Å². The zero-order valence-electron chi connectivity index (χ0n) is 18.8. The van der Waals surface area contributed by atoms with Gasteiger partial charge in [0.15, 0.2) is 0 Å². The third kappa shape index (κ3) is 9.02. The van der Waals surface area contributed by atoms with Gasteiger partial charge in [0.05, 0.1) is 0 Å². The SMILES string of the molecule is CCCCCCCc1ccccc1OC(=O)Oc1ccccc1CCCCCCC. The summed E-state index contributed by atoms with van der Waals surface area (Å²) in [4.78, 5) is 12.5. The van der Waals surface area contributed by atoms with Gasteiger partial charge in [-0.2, -0.15) is 0 Å². The van der Waals surface area contributed by atoms with Crippen molar-refractivity contribution in [1.82, 2.24) is 0 Å². The zero-order chi connectivity index (χ0) is 21.4. The molecule has 0 aromatic heterocycles. The molecule has 0 atom stereocenters. The highest BCUT2D eigenvalue weighted by molar-refractivity contribution is 5.68. The molecule has 0 unspecified atom stereocenters. The number of benzene rings is 2. The predicted molar refractivity (Wildman–Crippen MR) is 124 cm³/mol. The van der Waals surface area contributed by atoms with E-state index < -0.39 is 6.16 Å². The van der Waals surface area contributed by atoms with Crippen molar-refractivity contribution < 1.29 is 14.3 Å². The van der Waals surface area contributed by atoms with Gasteiger partial charge in [-0.15, -0.1) is 0 Å². The lowest BCUT2D eigenvalue weighted by Crippen LogP contribution is -2.15. The smallest absolute Gasteiger partial charge is 0.394 e. The minimum absolute atomic E-state index is 0.607. The monoisotopic (exact) mass is 410 g/mol. The summed E-state index contributed by atoms with van der Waals surface area (Å²) < 4.78 is 11.2. The number of para-hydroxylation sites is 2. The van der Waals surface area contributed by atoms with E-state index in [1.807, 2.05) is 48.5 Å². The van der Waals surface area contributed by atoms with Crippen molar-refractivity contribution in [3.05, 3.63) is 59.7 Å². The molecular weight excluding hydrogens is 372 g/mol. The molecule has 0 aliphatic rings. The van der Waals surface area contributed by atoms with E-state index in [0.29, 0.717) is 11.5 Å². The molecule has 0 saturated carbocycles. The summed E-state index contributed by atoms with van der Waals surface area (Å²) in [7, 11) is 0.